The van der Waals surface area contributed by atoms with Gasteiger partial charge in [-0.3, -0.25) is 0 Å². The van der Waals surface area contributed by atoms with Gasteiger partial charge in [0.1, 0.15) is 0 Å². The zero-order chi connectivity index (χ0) is 11.5. The third-order valence-corrected chi connectivity index (χ3v) is 4.51. The van der Waals surface area contributed by atoms with Crippen LogP contribution in [0.3, 0.4) is 0 Å². The molecule has 0 aromatic rings. The lowest BCUT2D eigenvalue weighted by molar-refractivity contribution is 0.330. The summed E-state index contributed by atoms with van der Waals surface area (Å²) in [6, 6.07) is 0.722. The average molecular weight is 221 g/mol. The van der Waals surface area contributed by atoms with E-state index in [0.717, 1.165) is 30.2 Å². The maximum Gasteiger partial charge on any atom is 0.0133 e. The van der Waals surface area contributed by atoms with E-state index in [1.807, 2.05) is 0 Å². The number of hydrogen-bond acceptors (Lipinski definition) is 1. The summed E-state index contributed by atoms with van der Waals surface area (Å²) >= 11 is 0. The Bertz CT molecular complexity index is 236. The third-order valence-electron chi connectivity index (χ3n) is 4.51. The van der Waals surface area contributed by atoms with E-state index in [1.165, 1.54) is 44.2 Å². The van der Waals surface area contributed by atoms with Gasteiger partial charge in [-0.05, 0) is 62.8 Å². The lowest BCUT2D eigenvalue weighted by atomic mass is 9.89. The van der Waals surface area contributed by atoms with Gasteiger partial charge < -0.3 is 5.32 Å². The highest BCUT2D eigenvalue weighted by molar-refractivity contribution is 5.04. The van der Waals surface area contributed by atoms with Crippen molar-refractivity contribution >= 4 is 0 Å². The molecule has 3 unspecified atom stereocenters. The molecule has 0 aromatic carbocycles. The molecule has 0 aromatic heterocycles. The molecule has 1 heteroatoms. The highest BCUT2D eigenvalue weighted by Gasteiger charge is 2.47. The van der Waals surface area contributed by atoms with Crippen molar-refractivity contribution in [1.82, 2.24) is 5.32 Å². The number of hydrogen-bond donors (Lipinski definition) is 1. The van der Waals surface area contributed by atoms with Crippen LogP contribution >= 0.6 is 0 Å². The Morgan fingerprint density at radius 3 is 2.50 bits per heavy atom. The maximum absolute atomic E-state index is 4.18. The van der Waals surface area contributed by atoms with Crippen LogP contribution in [0.1, 0.15) is 52.4 Å². The van der Waals surface area contributed by atoms with E-state index < -0.39 is 0 Å². The molecule has 92 valence electrons. The van der Waals surface area contributed by atoms with Crippen LogP contribution in [0.5, 0.6) is 0 Å². The molecule has 16 heavy (non-hydrogen) atoms. The standard InChI is InChI=1S/C15H27N/c1-4-6-16-15(7-11(3)5-2)14-9-12-8-13(12)10-14/h12-16H,3-10H2,1-2H3. The van der Waals surface area contributed by atoms with Gasteiger partial charge in [0, 0.05) is 6.04 Å². The number of fused-ring (bicyclic) bond motifs is 1. The zero-order valence-corrected chi connectivity index (χ0v) is 11.0. The topological polar surface area (TPSA) is 12.0 Å². The number of rotatable bonds is 7. The lowest BCUT2D eigenvalue weighted by Gasteiger charge is -2.26. The second-order valence-electron chi connectivity index (χ2n) is 5.86. The molecule has 0 spiro atoms. The Morgan fingerprint density at radius 1 is 1.25 bits per heavy atom. The molecule has 0 bridgehead atoms. The first-order valence-electron chi connectivity index (χ1n) is 7.14. The Morgan fingerprint density at radius 2 is 1.94 bits per heavy atom. The van der Waals surface area contributed by atoms with E-state index in [-0.39, 0.29) is 0 Å². The van der Waals surface area contributed by atoms with E-state index >= 15 is 0 Å². The second kappa shape index (κ2) is 5.35. The quantitative estimate of drug-likeness (QED) is 0.646. The predicted molar refractivity (Wildman–Crippen MR) is 70.5 cm³/mol. The van der Waals surface area contributed by atoms with E-state index in [4.69, 9.17) is 0 Å². The van der Waals surface area contributed by atoms with Gasteiger partial charge in [-0.15, -0.1) is 0 Å². The van der Waals surface area contributed by atoms with Gasteiger partial charge in [-0.2, -0.15) is 0 Å². The van der Waals surface area contributed by atoms with Crippen molar-refractivity contribution in [3.8, 4) is 0 Å². The van der Waals surface area contributed by atoms with Gasteiger partial charge in [0.2, 0.25) is 0 Å². The molecule has 1 N–H and O–H groups in total. The third kappa shape index (κ3) is 2.88. The molecule has 2 aliphatic rings. The van der Waals surface area contributed by atoms with Gasteiger partial charge in [0.25, 0.3) is 0 Å². The summed E-state index contributed by atoms with van der Waals surface area (Å²) < 4.78 is 0. The minimum atomic E-state index is 0.722. The first kappa shape index (κ1) is 12.2. The molecular formula is C15H27N. The first-order valence-corrected chi connectivity index (χ1v) is 7.14. The summed E-state index contributed by atoms with van der Waals surface area (Å²) in [6.45, 7) is 9.84. The summed E-state index contributed by atoms with van der Waals surface area (Å²) in [4.78, 5) is 0. The van der Waals surface area contributed by atoms with E-state index in [9.17, 15) is 0 Å². The fourth-order valence-corrected chi connectivity index (χ4v) is 3.28. The highest BCUT2D eigenvalue weighted by atomic mass is 14.9. The van der Waals surface area contributed by atoms with Gasteiger partial charge >= 0.3 is 0 Å². The van der Waals surface area contributed by atoms with Crippen LogP contribution < -0.4 is 5.32 Å². The predicted octanol–water partition coefficient (Wildman–Crippen LogP) is 3.76. The van der Waals surface area contributed by atoms with Crippen LogP contribution in [0.15, 0.2) is 12.2 Å². The van der Waals surface area contributed by atoms with Gasteiger partial charge in [0.15, 0.2) is 0 Å². The normalized spacial score (nSPS) is 33.5. The van der Waals surface area contributed by atoms with Crippen LogP contribution in [-0.2, 0) is 0 Å². The number of nitrogens with one attached hydrogen (secondary N) is 1. The van der Waals surface area contributed by atoms with Crippen LogP contribution in [0.4, 0.5) is 0 Å². The molecule has 0 radical (unpaired) electrons. The van der Waals surface area contributed by atoms with Gasteiger partial charge in [0.05, 0.1) is 0 Å². The molecule has 2 rings (SSSR count). The van der Waals surface area contributed by atoms with Crippen molar-refractivity contribution < 1.29 is 0 Å². The Balaban J connectivity index is 1.83. The van der Waals surface area contributed by atoms with Crippen LogP contribution in [0, 0.1) is 17.8 Å². The van der Waals surface area contributed by atoms with Crippen molar-refractivity contribution in [3.05, 3.63) is 12.2 Å². The summed E-state index contributed by atoms with van der Waals surface area (Å²) in [5.74, 6) is 3.15. The zero-order valence-electron chi connectivity index (χ0n) is 11.0. The first-order chi connectivity index (χ1) is 7.74. The van der Waals surface area contributed by atoms with Crippen molar-refractivity contribution in [2.24, 2.45) is 17.8 Å². The van der Waals surface area contributed by atoms with Crippen molar-refractivity contribution in [3.63, 3.8) is 0 Å². The lowest BCUT2D eigenvalue weighted by Crippen LogP contribution is -2.36. The van der Waals surface area contributed by atoms with Crippen LogP contribution in [0.2, 0.25) is 0 Å². The summed E-state index contributed by atoms with van der Waals surface area (Å²) in [5, 5.41) is 3.76. The van der Waals surface area contributed by atoms with E-state index in [1.54, 1.807) is 0 Å². The monoisotopic (exact) mass is 221 g/mol. The van der Waals surface area contributed by atoms with Crippen LogP contribution in [-0.4, -0.2) is 12.6 Å². The van der Waals surface area contributed by atoms with Crippen molar-refractivity contribution in [1.29, 1.82) is 0 Å². The summed E-state index contributed by atoms with van der Waals surface area (Å²) in [7, 11) is 0. The molecule has 0 aliphatic heterocycles. The van der Waals surface area contributed by atoms with Gasteiger partial charge in [-0.1, -0.05) is 26.0 Å². The van der Waals surface area contributed by atoms with Gasteiger partial charge in [-0.25, -0.2) is 0 Å². The Kier molecular flexibility index (Phi) is 4.07. The molecule has 2 saturated carbocycles. The SMILES string of the molecule is C=C(CC)CC(NCCC)C1CC2CC2C1. The smallest absolute Gasteiger partial charge is 0.0133 e. The molecule has 0 heterocycles. The van der Waals surface area contributed by atoms with Crippen LogP contribution in [0.25, 0.3) is 0 Å². The molecule has 2 fully saturated rings. The fourth-order valence-electron chi connectivity index (χ4n) is 3.28. The van der Waals surface area contributed by atoms with Crippen molar-refractivity contribution in [2.45, 2.75) is 58.4 Å². The average Bonchev–Trinajstić information content (AvgIpc) is 2.91. The Hall–Kier alpha value is -0.300. The second-order valence-corrected chi connectivity index (χ2v) is 5.86. The minimum Gasteiger partial charge on any atom is -0.313 e. The highest BCUT2D eigenvalue weighted by Crippen LogP contribution is 2.55. The molecule has 0 amide bonds. The largest absolute Gasteiger partial charge is 0.313 e. The van der Waals surface area contributed by atoms with E-state index in [0.29, 0.717) is 0 Å². The van der Waals surface area contributed by atoms with E-state index in [2.05, 4.69) is 25.7 Å². The Labute approximate surface area is 101 Å². The molecular weight excluding hydrogens is 194 g/mol. The minimum absolute atomic E-state index is 0.722. The molecule has 2 aliphatic carbocycles. The summed E-state index contributed by atoms with van der Waals surface area (Å²) in [5.41, 5.74) is 1.43. The molecule has 0 saturated heterocycles. The molecule has 3 atom stereocenters. The molecule has 1 nitrogen and oxygen atoms in total. The maximum atomic E-state index is 4.18. The van der Waals surface area contributed by atoms with Crippen molar-refractivity contribution in [2.75, 3.05) is 6.54 Å². The summed E-state index contributed by atoms with van der Waals surface area (Å²) in [6.07, 6.45) is 8.11. The fraction of sp³-hybridized carbons (Fsp3) is 0.867.